The first kappa shape index (κ1) is 16.8. The summed E-state index contributed by atoms with van der Waals surface area (Å²) in [7, 11) is 0. The fourth-order valence-electron chi connectivity index (χ4n) is 1.48. The van der Waals surface area contributed by atoms with Gasteiger partial charge in [-0.25, -0.2) is 9.97 Å². The summed E-state index contributed by atoms with van der Waals surface area (Å²) >= 11 is 1.37. The second kappa shape index (κ2) is 7.47. The average Bonchev–Trinajstić information content (AvgIpc) is 2.34. The standard InChI is InChI=1S/C14H23N3O2S/c1-6-10-16-11(15-7-2)8-12(17-10)20-9-13(18)19-14(3,4)5/h8H,6-7,9H2,1-5H3,(H,15,16,17). The molecule has 0 saturated carbocycles. The predicted octanol–water partition coefficient (Wildman–Crippen LogP) is 2.90. The molecule has 1 aromatic heterocycles. The van der Waals surface area contributed by atoms with E-state index in [-0.39, 0.29) is 11.7 Å². The minimum atomic E-state index is -0.452. The average molecular weight is 297 g/mol. The number of hydrogen-bond donors (Lipinski definition) is 1. The lowest BCUT2D eigenvalue weighted by Crippen LogP contribution is -2.24. The van der Waals surface area contributed by atoms with Crippen LogP contribution in [0.5, 0.6) is 0 Å². The lowest BCUT2D eigenvalue weighted by atomic mass is 10.2. The number of carbonyl (C=O) groups excluding carboxylic acids is 1. The Morgan fingerprint density at radius 1 is 1.35 bits per heavy atom. The highest BCUT2D eigenvalue weighted by atomic mass is 32.2. The van der Waals surface area contributed by atoms with E-state index in [2.05, 4.69) is 15.3 Å². The maximum atomic E-state index is 11.7. The van der Waals surface area contributed by atoms with Gasteiger partial charge in [0.1, 0.15) is 22.3 Å². The van der Waals surface area contributed by atoms with Gasteiger partial charge in [0.2, 0.25) is 0 Å². The van der Waals surface area contributed by atoms with Crippen molar-refractivity contribution in [2.75, 3.05) is 17.6 Å². The summed E-state index contributed by atoms with van der Waals surface area (Å²) in [6, 6.07) is 1.86. The largest absolute Gasteiger partial charge is 0.459 e. The van der Waals surface area contributed by atoms with Crippen molar-refractivity contribution in [3.8, 4) is 0 Å². The lowest BCUT2D eigenvalue weighted by Gasteiger charge is -2.19. The first-order valence-corrected chi connectivity index (χ1v) is 7.79. The highest BCUT2D eigenvalue weighted by Gasteiger charge is 2.16. The molecule has 112 valence electrons. The Kier molecular flexibility index (Phi) is 6.26. The quantitative estimate of drug-likeness (QED) is 0.495. The first-order chi connectivity index (χ1) is 9.34. The molecule has 1 aromatic rings. The smallest absolute Gasteiger partial charge is 0.316 e. The molecule has 0 aromatic carbocycles. The van der Waals surface area contributed by atoms with Crippen molar-refractivity contribution in [2.24, 2.45) is 0 Å². The summed E-state index contributed by atoms with van der Waals surface area (Å²) in [5, 5.41) is 3.96. The molecule has 6 heteroatoms. The van der Waals surface area contributed by atoms with E-state index in [1.54, 1.807) is 0 Å². The van der Waals surface area contributed by atoms with Gasteiger partial charge in [0.05, 0.1) is 5.75 Å². The zero-order valence-corrected chi connectivity index (χ0v) is 13.6. The number of anilines is 1. The number of esters is 1. The fraction of sp³-hybridized carbons (Fsp3) is 0.643. The van der Waals surface area contributed by atoms with Gasteiger partial charge in [0.15, 0.2) is 0 Å². The van der Waals surface area contributed by atoms with Gasteiger partial charge in [-0.2, -0.15) is 0 Å². The lowest BCUT2D eigenvalue weighted by molar-refractivity contribution is -0.151. The van der Waals surface area contributed by atoms with Crippen molar-refractivity contribution in [3.05, 3.63) is 11.9 Å². The Hall–Kier alpha value is -1.30. The van der Waals surface area contributed by atoms with E-state index in [4.69, 9.17) is 4.74 Å². The molecule has 0 unspecified atom stereocenters. The van der Waals surface area contributed by atoms with Crippen LogP contribution in [0.25, 0.3) is 0 Å². The molecule has 1 rings (SSSR count). The number of rotatable bonds is 6. The Labute approximate surface area is 124 Å². The van der Waals surface area contributed by atoms with E-state index < -0.39 is 5.60 Å². The molecule has 0 aliphatic heterocycles. The van der Waals surface area contributed by atoms with E-state index in [1.165, 1.54) is 11.8 Å². The summed E-state index contributed by atoms with van der Waals surface area (Å²) in [5.74, 6) is 1.59. The van der Waals surface area contributed by atoms with Gasteiger partial charge in [0.25, 0.3) is 0 Å². The Morgan fingerprint density at radius 2 is 2.05 bits per heavy atom. The van der Waals surface area contributed by atoms with Crippen molar-refractivity contribution in [3.63, 3.8) is 0 Å². The number of thioether (sulfide) groups is 1. The summed E-state index contributed by atoms with van der Waals surface area (Å²) in [5.41, 5.74) is -0.452. The van der Waals surface area contributed by atoms with Crippen LogP contribution in [0.15, 0.2) is 11.1 Å². The van der Waals surface area contributed by atoms with Crippen LogP contribution < -0.4 is 5.32 Å². The van der Waals surface area contributed by atoms with E-state index in [0.29, 0.717) is 0 Å². The molecule has 1 N–H and O–H groups in total. The summed E-state index contributed by atoms with van der Waals surface area (Å²) in [4.78, 5) is 20.5. The number of aromatic nitrogens is 2. The van der Waals surface area contributed by atoms with E-state index >= 15 is 0 Å². The molecule has 0 aliphatic carbocycles. The van der Waals surface area contributed by atoms with Crippen molar-refractivity contribution in [1.82, 2.24) is 9.97 Å². The molecular weight excluding hydrogens is 274 g/mol. The van der Waals surface area contributed by atoms with Crippen LogP contribution in [0.3, 0.4) is 0 Å². The second-order valence-electron chi connectivity index (χ2n) is 5.27. The highest BCUT2D eigenvalue weighted by molar-refractivity contribution is 7.99. The molecule has 0 spiro atoms. The Bertz CT molecular complexity index is 458. The van der Waals surface area contributed by atoms with Gasteiger partial charge in [-0.1, -0.05) is 18.7 Å². The molecule has 0 radical (unpaired) electrons. The molecule has 5 nitrogen and oxygen atoms in total. The third kappa shape index (κ3) is 6.23. The number of nitrogens with zero attached hydrogens (tertiary/aromatic N) is 2. The molecule has 0 saturated heterocycles. The number of nitrogens with one attached hydrogen (secondary N) is 1. The number of aryl methyl sites for hydroxylation is 1. The maximum Gasteiger partial charge on any atom is 0.316 e. The molecule has 0 aliphatic rings. The zero-order chi connectivity index (χ0) is 15.2. The van der Waals surface area contributed by atoms with Gasteiger partial charge < -0.3 is 10.1 Å². The predicted molar refractivity (Wildman–Crippen MR) is 82.1 cm³/mol. The minimum Gasteiger partial charge on any atom is -0.459 e. The van der Waals surface area contributed by atoms with Crippen LogP contribution in [-0.2, 0) is 16.0 Å². The maximum absolute atomic E-state index is 11.7. The van der Waals surface area contributed by atoms with Crippen molar-refractivity contribution in [2.45, 2.75) is 51.7 Å². The van der Waals surface area contributed by atoms with Gasteiger partial charge in [-0.15, -0.1) is 0 Å². The van der Waals surface area contributed by atoms with Crippen molar-refractivity contribution in [1.29, 1.82) is 0 Å². The summed E-state index contributed by atoms with van der Waals surface area (Å²) < 4.78 is 5.27. The Morgan fingerprint density at radius 3 is 2.60 bits per heavy atom. The fourth-order valence-corrected chi connectivity index (χ4v) is 2.17. The zero-order valence-electron chi connectivity index (χ0n) is 12.8. The van der Waals surface area contributed by atoms with Gasteiger partial charge >= 0.3 is 5.97 Å². The molecule has 1 heterocycles. The van der Waals surface area contributed by atoms with E-state index in [0.717, 1.165) is 29.6 Å². The molecular formula is C14H23N3O2S. The molecule has 0 bridgehead atoms. The van der Waals surface area contributed by atoms with Crippen molar-refractivity contribution < 1.29 is 9.53 Å². The third-order valence-electron chi connectivity index (χ3n) is 2.18. The van der Waals surface area contributed by atoms with Crippen LogP contribution in [0.4, 0.5) is 5.82 Å². The number of carbonyl (C=O) groups is 1. The normalized spacial score (nSPS) is 11.2. The molecule has 0 atom stereocenters. The first-order valence-electron chi connectivity index (χ1n) is 6.80. The summed E-state index contributed by atoms with van der Waals surface area (Å²) in [6.07, 6.45) is 0.763. The monoisotopic (exact) mass is 297 g/mol. The third-order valence-corrected chi connectivity index (χ3v) is 3.07. The van der Waals surface area contributed by atoms with Gasteiger partial charge in [0, 0.05) is 19.0 Å². The van der Waals surface area contributed by atoms with Crippen LogP contribution in [0, 0.1) is 0 Å². The number of hydrogen-bond acceptors (Lipinski definition) is 6. The topological polar surface area (TPSA) is 64.1 Å². The van der Waals surface area contributed by atoms with Crippen molar-refractivity contribution >= 4 is 23.5 Å². The second-order valence-corrected chi connectivity index (χ2v) is 6.26. The van der Waals surface area contributed by atoms with Crippen LogP contribution in [0.1, 0.15) is 40.4 Å². The SMILES string of the molecule is CCNc1cc(SCC(=O)OC(C)(C)C)nc(CC)n1. The molecule has 0 amide bonds. The van der Waals surface area contributed by atoms with E-state index in [9.17, 15) is 4.79 Å². The van der Waals surface area contributed by atoms with Gasteiger partial charge in [-0.3, -0.25) is 4.79 Å². The minimum absolute atomic E-state index is 0.232. The van der Waals surface area contributed by atoms with Crippen LogP contribution in [-0.4, -0.2) is 33.8 Å². The highest BCUT2D eigenvalue weighted by Crippen LogP contribution is 2.20. The van der Waals surface area contributed by atoms with Crippen LogP contribution >= 0.6 is 11.8 Å². The molecule has 0 fully saturated rings. The van der Waals surface area contributed by atoms with Gasteiger partial charge in [-0.05, 0) is 27.7 Å². The summed E-state index contributed by atoms with van der Waals surface area (Å²) in [6.45, 7) is 10.4. The number of ether oxygens (including phenoxy) is 1. The Balaban J connectivity index is 2.67. The molecule has 20 heavy (non-hydrogen) atoms. The van der Waals surface area contributed by atoms with E-state index in [1.807, 2.05) is 40.7 Å². The van der Waals surface area contributed by atoms with Crippen LogP contribution in [0.2, 0.25) is 0 Å².